The molecule has 0 fully saturated rings. The third-order valence-corrected chi connectivity index (χ3v) is 2.09. The van der Waals surface area contributed by atoms with Gasteiger partial charge >= 0.3 is 0 Å². The molecule has 1 aromatic carbocycles. The lowest BCUT2D eigenvalue weighted by Crippen LogP contribution is -2.11. The number of halogens is 1. The third kappa shape index (κ3) is 2.81. The molecule has 13 heavy (non-hydrogen) atoms. The SMILES string of the molecule is Cc1cc(C)cc([C@H](N)CCF)c1. The molecule has 1 atom stereocenters. The van der Waals surface area contributed by atoms with Gasteiger partial charge in [0.05, 0.1) is 6.67 Å². The molecule has 0 aliphatic rings. The lowest BCUT2D eigenvalue weighted by Gasteiger charge is -2.11. The Labute approximate surface area is 78.8 Å². The van der Waals surface area contributed by atoms with Crippen LogP contribution in [-0.4, -0.2) is 6.67 Å². The van der Waals surface area contributed by atoms with Crippen molar-refractivity contribution >= 4 is 0 Å². The maximum Gasteiger partial charge on any atom is 0.0912 e. The Hall–Kier alpha value is -0.890. The summed E-state index contributed by atoms with van der Waals surface area (Å²) in [5.41, 5.74) is 9.21. The van der Waals surface area contributed by atoms with E-state index >= 15 is 0 Å². The molecule has 0 radical (unpaired) electrons. The minimum absolute atomic E-state index is 0.163. The highest BCUT2D eigenvalue weighted by Gasteiger charge is 2.05. The molecule has 1 nitrogen and oxygen atoms in total. The van der Waals surface area contributed by atoms with E-state index in [1.54, 1.807) is 0 Å². The summed E-state index contributed by atoms with van der Waals surface area (Å²) in [6.45, 7) is 3.70. The largest absolute Gasteiger partial charge is 0.324 e. The van der Waals surface area contributed by atoms with Crippen LogP contribution in [0.15, 0.2) is 18.2 Å². The Morgan fingerprint density at radius 3 is 2.23 bits per heavy atom. The summed E-state index contributed by atoms with van der Waals surface area (Å²) >= 11 is 0. The number of aryl methyl sites for hydroxylation is 2. The van der Waals surface area contributed by atoms with E-state index in [1.165, 1.54) is 11.1 Å². The zero-order valence-corrected chi connectivity index (χ0v) is 8.18. The summed E-state index contributed by atoms with van der Waals surface area (Å²) in [7, 11) is 0. The van der Waals surface area contributed by atoms with Crippen molar-refractivity contribution in [2.24, 2.45) is 5.73 Å². The summed E-state index contributed by atoms with van der Waals surface area (Å²) in [5.74, 6) is 0. The van der Waals surface area contributed by atoms with E-state index in [0.29, 0.717) is 6.42 Å². The van der Waals surface area contributed by atoms with E-state index in [2.05, 4.69) is 6.07 Å². The van der Waals surface area contributed by atoms with E-state index in [-0.39, 0.29) is 12.7 Å². The van der Waals surface area contributed by atoms with E-state index < -0.39 is 0 Å². The molecule has 1 rings (SSSR count). The number of hydrogen-bond donors (Lipinski definition) is 1. The topological polar surface area (TPSA) is 26.0 Å². The van der Waals surface area contributed by atoms with Gasteiger partial charge in [0.25, 0.3) is 0 Å². The van der Waals surface area contributed by atoms with Crippen LogP contribution < -0.4 is 5.73 Å². The van der Waals surface area contributed by atoms with Crippen LogP contribution >= 0.6 is 0 Å². The van der Waals surface area contributed by atoms with Gasteiger partial charge < -0.3 is 5.73 Å². The minimum atomic E-state index is -0.353. The van der Waals surface area contributed by atoms with E-state index in [4.69, 9.17) is 5.73 Å². The third-order valence-electron chi connectivity index (χ3n) is 2.09. The fourth-order valence-corrected chi connectivity index (χ4v) is 1.51. The molecule has 2 heteroatoms. The molecule has 0 saturated heterocycles. The maximum atomic E-state index is 12.1. The molecule has 0 saturated carbocycles. The molecule has 0 aliphatic heterocycles. The van der Waals surface area contributed by atoms with Crippen molar-refractivity contribution in [2.75, 3.05) is 6.67 Å². The van der Waals surface area contributed by atoms with Crippen molar-refractivity contribution in [2.45, 2.75) is 26.3 Å². The monoisotopic (exact) mass is 181 g/mol. The highest BCUT2D eigenvalue weighted by Crippen LogP contribution is 2.17. The second-order valence-corrected chi connectivity index (χ2v) is 3.51. The van der Waals surface area contributed by atoms with Crippen LogP contribution in [0.25, 0.3) is 0 Å². The lowest BCUT2D eigenvalue weighted by atomic mass is 10.0. The van der Waals surface area contributed by atoms with Crippen LogP contribution in [-0.2, 0) is 0 Å². The lowest BCUT2D eigenvalue weighted by molar-refractivity contribution is 0.442. The normalized spacial score (nSPS) is 12.9. The van der Waals surface area contributed by atoms with Gasteiger partial charge in [0.2, 0.25) is 0 Å². The van der Waals surface area contributed by atoms with Crippen LogP contribution in [0.2, 0.25) is 0 Å². The molecular weight excluding hydrogens is 165 g/mol. The fraction of sp³-hybridized carbons (Fsp3) is 0.455. The zero-order valence-electron chi connectivity index (χ0n) is 8.18. The van der Waals surface area contributed by atoms with Gasteiger partial charge in [-0.15, -0.1) is 0 Å². The second-order valence-electron chi connectivity index (χ2n) is 3.51. The number of benzene rings is 1. The van der Waals surface area contributed by atoms with Gasteiger partial charge in [-0.25, -0.2) is 0 Å². The average Bonchev–Trinajstić information content (AvgIpc) is 2.03. The molecule has 0 amide bonds. The molecule has 0 aromatic heterocycles. The first-order chi connectivity index (χ1) is 6.13. The summed E-state index contributed by atoms with van der Waals surface area (Å²) in [5, 5.41) is 0. The van der Waals surface area contributed by atoms with Gasteiger partial charge in [-0.1, -0.05) is 29.3 Å². The summed E-state index contributed by atoms with van der Waals surface area (Å²) in [6.07, 6.45) is 0.406. The van der Waals surface area contributed by atoms with Gasteiger partial charge in [-0.05, 0) is 25.8 Å². The fourth-order valence-electron chi connectivity index (χ4n) is 1.51. The van der Waals surface area contributed by atoms with Crippen LogP contribution in [0.5, 0.6) is 0 Å². The summed E-state index contributed by atoms with van der Waals surface area (Å²) in [6, 6.07) is 5.97. The summed E-state index contributed by atoms with van der Waals surface area (Å²) < 4.78 is 12.1. The zero-order chi connectivity index (χ0) is 9.84. The minimum Gasteiger partial charge on any atom is -0.324 e. The van der Waals surface area contributed by atoms with E-state index in [1.807, 2.05) is 26.0 Å². The van der Waals surface area contributed by atoms with Crippen LogP contribution in [0.4, 0.5) is 4.39 Å². The molecule has 0 unspecified atom stereocenters. The Balaban J connectivity index is 2.87. The van der Waals surface area contributed by atoms with Crippen molar-refractivity contribution in [3.8, 4) is 0 Å². The molecule has 2 N–H and O–H groups in total. The predicted molar refractivity (Wildman–Crippen MR) is 53.4 cm³/mol. The van der Waals surface area contributed by atoms with Gasteiger partial charge in [0.1, 0.15) is 0 Å². The van der Waals surface area contributed by atoms with Crippen molar-refractivity contribution in [1.29, 1.82) is 0 Å². The number of hydrogen-bond acceptors (Lipinski definition) is 1. The van der Waals surface area contributed by atoms with Gasteiger partial charge in [-0.3, -0.25) is 4.39 Å². The first-order valence-electron chi connectivity index (χ1n) is 4.53. The van der Waals surface area contributed by atoms with Crippen molar-refractivity contribution in [3.63, 3.8) is 0 Å². The van der Waals surface area contributed by atoms with Gasteiger partial charge in [-0.2, -0.15) is 0 Å². The molecule has 0 spiro atoms. The highest BCUT2D eigenvalue weighted by molar-refractivity contribution is 5.30. The Morgan fingerprint density at radius 2 is 1.77 bits per heavy atom. The number of rotatable bonds is 3. The molecular formula is C11H16FN. The predicted octanol–water partition coefficient (Wildman–Crippen LogP) is 2.66. The molecule has 1 aromatic rings. The van der Waals surface area contributed by atoms with Crippen molar-refractivity contribution in [3.05, 3.63) is 34.9 Å². The van der Waals surface area contributed by atoms with Crippen molar-refractivity contribution < 1.29 is 4.39 Å². The average molecular weight is 181 g/mol. The molecule has 72 valence electrons. The van der Waals surface area contributed by atoms with Crippen molar-refractivity contribution in [1.82, 2.24) is 0 Å². The standard InChI is InChI=1S/C11H16FN/c1-8-5-9(2)7-10(6-8)11(13)3-4-12/h5-7,11H,3-4,13H2,1-2H3/t11-/m1/s1. The Bertz CT molecular complexity index is 263. The van der Waals surface area contributed by atoms with Gasteiger partial charge in [0.15, 0.2) is 0 Å². The highest BCUT2D eigenvalue weighted by atomic mass is 19.1. The molecule has 0 heterocycles. The van der Waals surface area contributed by atoms with E-state index in [9.17, 15) is 4.39 Å². The molecule has 0 aliphatic carbocycles. The Kier molecular flexibility index (Phi) is 3.43. The number of alkyl halides is 1. The van der Waals surface area contributed by atoms with Gasteiger partial charge in [0, 0.05) is 6.04 Å². The maximum absolute atomic E-state index is 12.1. The van der Waals surface area contributed by atoms with E-state index in [0.717, 1.165) is 5.56 Å². The molecule has 0 bridgehead atoms. The smallest absolute Gasteiger partial charge is 0.0912 e. The quantitative estimate of drug-likeness (QED) is 0.762. The van der Waals surface area contributed by atoms with Crippen LogP contribution in [0.1, 0.15) is 29.2 Å². The second kappa shape index (κ2) is 4.38. The van der Waals surface area contributed by atoms with Crippen LogP contribution in [0.3, 0.4) is 0 Å². The first kappa shape index (κ1) is 10.2. The van der Waals surface area contributed by atoms with Crippen LogP contribution in [0, 0.1) is 13.8 Å². The number of nitrogens with two attached hydrogens (primary N) is 1. The summed E-state index contributed by atoms with van der Waals surface area (Å²) in [4.78, 5) is 0. The first-order valence-corrected chi connectivity index (χ1v) is 4.53. The Morgan fingerprint density at radius 1 is 1.23 bits per heavy atom.